The van der Waals surface area contributed by atoms with Crippen LogP contribution in [-0.4, -0.2) is 49.7 Å². The van der Waals surface area contributed by atoms with Crippen molar-refractivity contribution >= 4 is 22.0 Å². The summed E-state index contributed by atoms with van der Waals surface area (Å²) in [5.41, 5.74) is 1.06. The van der Waals surface area contributed by atoms with E-state index in [2.05, 4.69) is 20.8 Å². The molecule has 1 amide bonds. The number of furan rings is 1. The molecule has 0 saturated carbocycles. The molecule has 1 aliphatic heterocycles. The fourth-order valence-electron chi connectivity index (χ4n) is 3.07. The van der Waals surface area contributed by atoms with Gasteiger partial charge in [-0.15, -0.1) is 0 Å². The first-order chi connectivity index (χ1) is 13.2. The molecule has 2 aromatic rings. The van der Waals surface area contributed by atoms with Crippen molar-refractivity contribution in [2.24, 2.45) is 0 Å². The van der Waals surface area contributed by atoms with Crippen molar-refractivity contribution < 1.29 is 17.6 Å². The largest absolute Gasteiger partial charge is 0.465 e. The summed E-state index contributed by atoms with van der Waals surface area (Å²) in [6, 6.07) is 10.6. The molecule has 0 aliphatic carbocycles. The lowest BCUT2D eigenvalue weighted by Crippen LogP contribution is -2.50. The quantitative estimate of drug-likeness (QED) is 0.737. The number of benzene rings is 1. The van der Waals surface area contributed by atoms with Crippen LogP contribution in [0.25, 0.3) is 6.08 Å². The molecule has 7 heteroatoms. The van der Waals surface area contributed by atoms with Gasteiger partial charge in [-0.25, -0.2) is 8.42 Å². The third-order valence-corrected chi connectivity index (χ3v) is 6.75. The van der Waals surface area contributed by atoms with Gasteiger partial charge in [0.2, 0.25) is 15.9 Å². The number of sulfonamides is 1. The molecule has 0 radical (unpaired) electrons. The van der Waals surface area contributed by atoms with Crippen molar-refractivity contribution in [1.82, 2.24) is 9.21 Å². The minimum Gasteiger partial charge on any atom is -0.465 e. The SMILES string of the molecule is CC(C)(C)c1ccc(S(=O)(=O)N2CCN(C(=O)/C=C/c3ccco3)CC2)cc1. The Morgan fingerprint density at radius 3 is 2.21 bits per heavy atom. The van der Waals surface area contributed by atoms with Crippen LogP contribution in [0.3, 0.4) is 0 Å². The molecule has 1 saturated heterocycles. The molecule has 1 aromatic carbocycles. The van der Waals surface area contributed by atoms with Gasteiger partial charge in [0.1, 0.15) is 5.76 Å². The van der Waals surface area contributed by atoms with Crippen LogP contribution in [0, 0.1) is 0 Å². The minimum atomic E-state index is -3.56. The molecule has 0 N–H and O–H groups in total. The molecule has 0 atom stereocenters. The van der Waals surface area contributed by atoms with Gasteiger partial charge in [0, 0.05) is 32.3 Å². The maximum atomic E-state index is 12.9. The van der Waals surface area contributed by atoms with Crippen LogP contribution < -0.4 is 0 Å². The highest BCUT2D eigenvalue weighted by molar-refractivity contribution is 7.89. The van der Waals surface area contributed by atoms with E-state index >= 15 is 0 Å². The highest BCUT2D eigenvalue weighted by atomic mass is 32.2. The lowest BCUT2D eigenvalue weighted by Gasteiger charge is -2.33. The molecule has 1 aromatic heterocycles. The molecule has 6 nitrogen and oxygen atoms in total. The average molecular weight is 403 g/mol. The lowest BCUT2D eigenvalue weighted by molar-refractivity contribution is -0.127. The Labute approximate surface area is 166 Å². The van der Waals surface area contributed by atoms with Gasteiger partial charge >= 0.3 is 0 Å². The number of hydrogen-bond donors (Lipinski definition) is 0. The van der Waals surface area contributed by atoms with Crippen molar-refractivity contribution in [3.8, 4) is 0 Å². The zero-order valence-electron chi connectivity index (χ0n) is 16.5. The first kappa shape index (κ1) is 20.4. The predicted molar refractivity (Wildman–Crippen MR) is 108 cm³/mol. The van der Waals surface area contributed by atoms with Crippen molar-refractivity contribution in [2.75, 3.05) is 26.2 Å². The Bertz CT molecular complexity index is 931. The van der Waals surface area contributed by atoms with Gasteiger partial charge in [0.05, 0.1) is 11.2 Å². The number of hydrogen-bond acceptors (Lipinski definition) is 4. The smallest absolute Gasteiger partial charge is 0.246 e. The summed E-state index contributed by atoms with van der Waals surface area (Å²) >= 11 is 0. The normalized spacial score (nSPS) is 16.6. The molecule has 3 rings (SSSR count). The van der Waals surface area contributed by atoms with Crippen molar-refractivity contribution in [2.45, 2.75) is 31.1 Å². The second-order valence-electron chi connectivity index (χ2n) is 7.85. The van der Waals surface area contributed by atoms with E-state index in [9.17, 15) is 13.2 Å². The van der Waals surface area contributed by atoms with Gasteiger partial charge in [0.25, 0.3) is 0 Å². The zero-order valence-corrected chi connectivity index (χ0v) is 17.3. The summed E-state index contributed by atoms with van der Waals surface area (Å²) in [5, 5.41) is 0. The summed E-state index contributed by atoms with van der Waals surface area (Å²) in [4.78, 5) is 14.2. The van der Waals surface area contributed by atoms with Gasteiger partial charge < -0.3 is 9.32 Å². The number of carbonyl (C=O) groups is 1. The molecular weight excluding hydrogens is 376 g/mol. The second-order valence-corrected chi connectivity index (χ2v) is 9.79. The predicted octanol–water partition coefficient (Wildman–Crippen LogP) is 3.12. The van der Waals surface area contributed by atoms with E-state index in [0.717, 1.165) is 5.56 Å². The monoisotopic (exact) mass is 402 g/mol. The topological polar surface area (TPSA) is 70.8 Å². The summed E-state index contributed by atoms with van der Waals surface area (Å²) in [7, 11) is -3.56. The van der Waals surface area contributed by atoms with E-state index < -0.39 is 10.0 Å². The molecule has 150 valence electrons. The van der Waals surface area contributed by atoms with E-state index in [1.807, 2.05) is 12.1 Å². The van der Waals surface area contributed by atoms with Crippen molar-refractivity contribution in [3.05, 3.63) is 60.1 Å². The standard InChI is InChI=1S/C21H26N2O4S/c1-21(2,3)17-6-9-19(10-7-17)28(25,26)23-14-12-22(13-15-23)20(24)11-8-18-5-4-16-27-18/h4-11,16H,12-15H2,1-3H3/b11-8+. The van der Waals surface area contributed by atoms with Crippen LogP contribution >= 0.6 is 0 Å². The van der Waals surface area contributed by atoms with E-state index in [1.165, 1.54) is 10.4 Å². The average Bonchev–Trinajstić information content (AvgIpc) is 3.19. The van der Waals surface area contributed by atoms with Gasteiger partial charge in [0.15, 0.2) is 0 Å². The number of piperazine rings is 1. The van der Waals surface area contributed by atoms with Crippen LogP contribution in [0.5, 0.6) is 0 Å². The van der Waals surface area contributed by atoms with Crippen LogP contribution in [0.2, 0.25) is 0 Å². The first-order valence-electron chi connectivity index (χ1n) is 9.29. The molecule has 0 bridgehead atoms. The fourth-order valence-corrected chi connectivity index (χ4v) is 4.49. The van der Waals surface area contributed by atoms with Crippen LogP contribution in [0.4, 0.5) is 0 Å². The number of rotatable bonds is 4. The van der Waals surface area contributed by atoms with Crippen molar-refractivity contribution in [3.63, 3.8) is 0 Å². The van der Waals surface area contributed by atoms with E-state index in [-0.39, 0.29) is 29.3 Å². The third kappa shape index (κ3) is 4.54. The molecule has 28 heavy (non-hydrogen) atoms. The lowest BCUT2D eigenvalue weighted by atomic mass is 9.87. The number of amides is 1. The maximum Gasteiger partial charge on any atom is 0.246 e. The summed E-state index contributed by atoms with van der Waals surface area (Å²) in [6.45, 7) is 7.56. The van der Waals surface area contributed by atoms with Crippen molar-refractivity contribution in [1.29, 1.82) is 0 Å². The molecule has 1 aliphatic rings. The van der Waals surface area contributed by atoms with E-state index in [1.54, 1.807) is 41.5 Å². The third-order valence-electron chi connectivity index (χ3n) is 4.84. The number of carbonyl (C=O) groups excluding carboxylic acids is 1. The fraction of sp³-hybridized carbons (Fsp3) is 0.381. The summed E-state index contributed by atoms with van der Waals surface area (Å²) in [5.74, 6) is 0.455. The Morgan fingerprint density at radius 1 is 1.04 bits per heavy atom. The molecule has 0 spiro atoms. The van der Waals surface area contributed by atoms with E-state index in [0.29, 0.717) is 18.8 Å². The molecule has 0 unspecified atom stereocenters. The Balaban J connectivity index is 1.62. The first-order valence-corrected chi connectivity index (χ1v) is 10.7. The molecule has 1 fully saturated rings. The van der Waals surface area contributed by atoms with Crippen LogP contribution in [-0.2, 0) is 20.2 Å². The van der Waals surface area contributed by atoms with Gasteiger partial charge in [-0.1, -0.05) is 32.9 Å². The maximum absolute atomic E-state index is 12.9. The van der Waals surface area contributed by atoms with E-state index in [4.69, 9.17) is 4.42 Å². The number of nitrogens with zero attached hydrogens (tertiary/aromatic N) is 2. The summed E-state index contributed by atoms with van der Waals surface area (Å²) in [6.07, 6.45) is 4.61. The van der Waals surface area contributed by atoms with Crippen LogP contribution in [0.15, 0.2) is 58.1 Å². The summed E-state index contributed by atoms with van der Waals surface area (Å²) < 4.78 is 32.4. The molecule has 2 heterocycles. The Kier molecular flexibility index (Phi) is 5.76. The highest BCUT2D eigenvalue weighted by Gasteiger charge is 2.29. The Morgan fingerprint density at radius 2 is 1.68 bits per heavy atom. The highest BCUT2D eigenvalue weighted by Crippen LogP contribution is 2.25. The Hall–Kier alpha value is -2.38. The van der Waals surface area contributed by atoms with Gasteiger partial charge in [-0.05, 0) is 41.3 Å². The van der Waals surface area contributed by atoms with Crippen LogP contribution in [0.1, 0.15) is 32.1 Å². The van der Waals surface area contributed by atoms with Gasteiger partial charge in [-0.2, -0.15) is 4.31 Å². The van der Waals surface area contributed by atoms with Gasteiger partial charge in [-0.3, -0.25) is 4.79 Å². The second kappa shape index (κ2) is 7.93. The molecular formula is C21H26N2O4S. The zero-order chi connectivity index (χ0) is 20.4. The minimum absolute atomic E-state index is 0.0303.